The highest BCUT2D eigenvalue weighted by Gasteiger charge is 2.09. The van der Waals surface area contributed by atoms with E-state index in [9.17, 15) is 0 Å². The van der Waals surface area contributed by atoms with E-state index >= 15 is 0 Å². The molecule has 0 aliphatic carbocycles. The van der Waals surface area contributed by atoms with Crippen molar-refractivity contribution < 1.29 is 4.52 Å². The Balaban J connectivity index is 2.36. The van der Waals surface area contributed by atoms with Gasteiger partial charge in [-0.1, -0.05) is 19.0 Å². The van der Waals surface area contributed by atoms with Crippen molar-refractivity contribution in [3.63, 3.8) is 0 Å². The van der Waals surface area contributed by atoms with Crippen LogP contribution in [0.15, 0.2) is 4.52 Å². The van der Waals surface area contributed by atoms with Crippen LogP contribution in [0.25, 0.3) is 0 Å². The third-order valence-corrected chi connectivity index (χ3v) is 2.92. The number of thioether (sulfide) groups is 1. The van der Waals surface area contributed by atoms with Crippen molar-refractivity contribution in [2.24, 2.45) is 11.7 Å². The Kier molecular flexibility index (Phi) is 4.41. The minimum atomic E-state index is -0.175. The Morgan fingerprint density at radius 3 is 2.64 bits per heavy atom. The molecule has 1 heterocycles. The summed E-state index contributed by atoms with van der Waals surface area (Å²) in [5.74, 6) is 3.86. The first kappa shape index (κ1) is 11.5. The van der Waals surface area contributed by atoms with E-state index in [-0.39, 0.29) is 6.04 Å². The maximum absolute atomic E-state index is 5.60. The van der Waals surface area contributed by atoms with Gasteiger partial charge in [-0.3, -0.25) is 0 Å². The van der Waals surface area contributed by atoms with E-state index in [0.717, 1.165) is 17.3 Å². The Morgan fingerprint density at radius 1 is 1.43 bits per heavy atom. The molecule has 1 unspecified atom stereocenters. The highest BCUT2D eigenvalue weighted by atomic mass is 32.2. The first-order valence-corrected chi connectivity index (χ1v) is 5.91. The number of nitrogens with zero attached hydrogens (tertiary/aromatic N) is 2. The molecule has 1 rings (SSSR count). The molecule has 2 N–H and O–H groups in total. The smallest absolute Gasteiger partial charge is 0.243 e. The van der Waals surface area contributed by atoms with Gasteiger partial charge in [0.05, 0.1) is 11.8 Å². The molecule has 1 aromatic rings. The summed E-state index contributed by atoms with van der Waals surface area (Å²) in [5.41, 5.74) is 5.60. The molecule has 0 saturated heterocycles. The van der Waals surface area contributed by atoms with E-state index in [1.807, 2.05) is 18.7 Å². The fourth-order valence-corrected chi connectivity index (χ4v) is 1.79. The molecule has 80 valence electrons. The van der Waals surface area contributed by atoms with Crippen LogP contribution in [-0.2, 0) is 5.75 Å². The molecule has 1 aromatic heterocycles. The van der Waals surface area contributed by atoms with Gasteiger partial charge in [0.15, 0.2) is 5.82 Å². The van der Waals surface area contributed by atoms with E-state index in [1.165, 1.54) is 0 Å². The van der Waals surface area contributed by atoms with Gasteiger partial charge in [-0.15, -0.1) is 0 Å². The summed E-state index contributed by atoms with van der Waals surface area (Å²) in [6, 6.07) is -0.175. The van der Waals surface area contributed by atoms with Gasteiger partial charge in [-0.2, -0.15) is 16.7 Å². The van der Waals surface area contributed by atoms with E-state index in [0.29, 0.717) is 11.8 Å². The average Bonchev–Trinajstić information content (AvgIpc) is 2.52. The fourth-order valence-electron chi connectivity index (χ4n) is 0.897. The Bertz CT molecular complexity index is 273. The summed E-state index contributed by atoms with van der Waals surface area (Å²) in [5, 5.41) is 3.85. The minimum Gasteiger partial charge on any atom is -0.338 e. The molecule has 0 amide bonds. The highest BCUT2D eigenvalue weighted by molar-refractivity contribution is 7.98. The molecular weight excluding hydrogens is 198 g/mol. The van der Waals surface area contributed by atoms with Gasteiger partial charge in [0.1, 0.15) is 0 Å². The van der Waals surface area contributed by atoms with Crippen LogP contribution < -0.4 is 5.73 Å². The summed E-state index contributed by atoms with van der Waals surface area (Å²) in [7, 11) is 0. The molecule has 0 fully saturated rings. The second-order valence-electron chi connectivity index (χ2n) is 3.75. The van der Waals surface area contributed by atoms with Gasteiger partial charge in [0.25, 0.3) is 0 Å². The van der Waals surface area contributed by atoms with Gasteiger partial charge in [-0.05, 0) is 18.6 Å². The van der Waals surface area contributed by atoms with Gasteiger partial charge in [0.2, 0.25) is 5.89 Å². The Labute approximate surface area is 88.6 Å². The van der Waals surface area contributed by atoms with Crippen LogP contribution in [0.3, 0.4) is 0 Å². The van der Waals surface area contributed by atoms with E-state index in [1.54, 1.807) is 0 Å². The number of nitrogens with two attached hydrogens (primary N) is 1. The van der Waals surface area contributed by atoms with Crippen LogP contribution >= 0.6 is 11.8 Å². The third-order valence-electron chi connectivity index (χ3n) is 1.56. The summed E-state index contributed by atoms with van der Waals surface area (Å²) in [4.78, 5) is 4.18. The Morgan fingerprint density at radius 2 is 2.14 bits per heavy atom. The van der Waals surface area contributed by atoms with Crippen molar-refractivity contribution in [2.45, 2.75) is 32.6 Å². The predicted octanol–water partition coefficient (Wildman–Crippen LogP) is 1.98. The number of hydrogen-bond acceptors (Lipinski definition) is 5. The Hall–Kier alpha value is -0.550. The maximum Gasteiger partial charge on any atom is 0.243 e. The van der Waals surface area contributed by atoms with E-state index in [4.69, 9.17) is 10.3 Å². The first-order valence-electron chi connectivity index (χ1n) is 4.75. The molecule has 0 aliphatic rings. The molecule has 4 nitrogen and oxygen atoms in total. The first-order chi connectivity index (χ1) is 6.59. The zero-order valence-corrected chi connectivity index (χ0v) is 9.67. The second kappa shape index (κ2) is 5.36. The van der Waals surface area contributed by atoms with Crippen LogP contribution in [0.1, 0.15) is 38.5 Å². The van der Waals surface area contributed by atoms with Gasteiger partial charge >= 0.3 is 0 Å². The lowest BCUT2D eigenvalue weighted by Gasteiger charge is -2.00. The van der Waals surface area contributed by atoms with Crippen molar-refractivity contribution in [1.29, 1.82) is 0 Å². The number of rotatable bonds is 5. The maximum atomic E-state index is 5.60. The molecular formula is C9H17N3OS. The van der Waals surface area contributed by atoms with Crippen molar-refractivity contribution in [1.82, 2.24) is 10.1 Å². The van der Waals surface area contributed by atoms with Gasteiger partial charge < -0.3 is 10.3 Å². The standard InChI is InChI=1S/C9H17N3OS/c1-6(2)4-14-5-8-11-9(7(3)10)13-12-8/h6-7H,4-5,10H2,1-3H3. The highest BCUT2D eigenvalue weighted by Crippen LogP contribution is 2.14. The summed E-state index contributed by atoms with van der Waals surface area (Å²) < 4.78 is 4.98. The summed E-state index contributed by atoms with van der Waals surface area (Å²) >= 11 is 1.81. The molecule has 0 aromatic carbocycles. The molecule has 0 radical (unpaired) electrons. The molecule has 1 atom stereocenters. The number of aromatic nitrogens is 2. The van der Waals surface area contributed by atoms with Crippen LogP contribution in [-0.4, -0.2) is 15.9 Å². The van der Waals surface area contributed by atoms with E-state index < -0.39 is 0 Å². The molecule has 0 saturated carbocycles. The SMILES string of the molecule is CC(C)CSCc1noc(C(C)N)n1. The normalized spacial score (nSPS) is 13.5. The van der Waals surface area contributed by atoms with Crippen LogP contribution in [0.4, 0.5) is 0 Å². The zero-order valence-electron chi connectivity index (χ0n) is 8.86. The van der Waals surface area contributed by atoms with Gasteiger partial charge in [-0.25, -0.2) is 0 Å². The van der Waals surface area contributed by atoms with Crippen LogP contribution in [0, 0.1) is 5.92 Å². The monoisotopic (exact) mass is 215 g/mol. The molecule has 5 heteroatoms. The van der Waals surface area contributed by atoms with Crippen LogP contribution in [0.2, 0.25) is 0 Å². The molecule has 0 spiro atoms. The third kappa shape index (κ3) is 3.67. The van der Waals surface area contributed by atoms with Gasteiger partial charge in [0, 0.05) is 0 Å². The molecule has 0 aliphatic heterocycles. The largest absolute Gasteiger partial charge is 0.338 e. The quantitative estimate of drug-likeness (QED) is 0.813. The fraction of sp³-hybridized carbons (Fsp3) is 0.778. The minimum absolute atomic E-state index is 0.175. The van der Waals surface area contributed by atoms with Crippen molar-refractivity contribution >= 4 is 11.8 Å². The lowest BCUT2D eigenvalue weighted by atomic mass is 10.3. The van der Waals surface area contributed by atoms with Crippen molar-refractivity contribution in [3.05, 3.63) is 11.7 Å². The number of hydrogen-bond donors (Lipinski definition) is 1. The molecule has 14 heavy (non-hydrogen) atoms. The van der Waals surface area contributed by atoms with Crippen LogP contribution in [0.5, 0.6) is 0 Å². The lowest BCUT2D eigenvalue weighted by molar-refractivity contribution is 0.358. The summed E-state index contributed by atoms with van der Waals surface area (Å²) in [6.07, 6.45) is 0. The zero-order chi connectivity index (χ0) is 10.6. The van der Waals surface area contributed by atoms with Crippen molar-refractivity contribution in [3.8, 4) is 0 Å². The lowest BCUT2D eigenvalue weighted by Crippen LogP contribution is -2.05. The second-order valence-corrected chi connectivity index (χ2v) is 4.78. The average molecular weight is 215 g/mol. The topological polar surface area (TPSA) is 64.9 Å². The summed E-state index contributed by atoms with van der Waals surface area (Å²) in [6.45, 7) is 6.21. The predicted molar refractivity (Wildman–Crippen MR) is 57.9 cm³/mol. The van der Waals surface area contributed by atoms with E-state index in [2.05, 4.69) is 24.0 Å². The molecule has 0 bridgehead atoms. The van der Waals surface area contributed by atoms with Crippen molar-refractivity contribution in [2.75, 3.05) is 5.75 Å².